The standard InChI is InChI=1S/C43H50O22/c44-17-29-38(63-32(52)12-6-21-3-9-24(46)26(48)15-21)39(64-42-37(57)35(55)34(54)30(62-42)19-59-31(51)11-5-20-1-7-23(45)8-2-20)40(65-41-36(56)33(53)28(50)18-60-41)43(61-29)58-14-13-22-4-10-25(47)27(49)16-22/h1-12,15-16,28-30,33-50,53-57H,13-14,17-19H2/b11-5+,12-6+/t28-,29+,30+,33-,34+,35-,36+,37+,38+,39-,40+,41-,42-,43+/m0/s1. The largest absolute Gasteiger partial charge is 0.508 e. The number of aliphatic hydroxyl groups excluding tert-OH is 7. The van der Waals surface area contributed by atoms with Crippen LogP contribution < -0.4 is 0 Å². The number of aromatic hydroxyl groups is 5. The van der Waals surface area contributed by atoms with Gasteiger partial charge in [0.1, 0.15) is 73.4 Å². The summed E-state index contributed by atoms with van der Waals surface area (Å²) in [6, 6.07) is 13.5. The van der Waals surface area contributed by atoms with Crippen molar-refractivity contribution >= 4 is 24.1 Å². The number of ether oxygens (including phenoxy) is 8. The average molecular weight is 919 g/mol. The second-order valence-corrected chi connectivity index (χ2v) is 15.2. The van der Waals surface area contributed by atoms with Gasteiger partial charge in [-0.15, -0.1) is 0 Å². The fourth-order valence-corrected chi connectivity index (χ4v) is 6.94. The van der Waals surface area contributed by atoms with Gasteiger partial charge in [0.2, 0.25) is 0 Å². The molecule has 0 aliphatic carbocycles. The predicted molar refractivity (Wildman–Crippen MR) is 216 cm³/mol. The zero-order valence-electron chi connectivity index (χ0n) is 34.2. The monoisotopic (exact) mass is 918 g/mol. The molecule has 65 heavy (non-hydrogen) atoms. The summed E-state index contributed by atoms with van der Waals surface area (Å²) in [7, 11) is 0. The highest BCUT2D eigenvalue weighted by atomic mass is 16.8. The van der Waals surface area contributed by atoms with E-state index in [-0.39, 0.29) is 30.1 Å². The number of carbonyl (C=O) groups is 2. The first-order valence-electron chi connectivity index (χ1n) is 20.1. The highest BCUT2D eigenvalue weighted by Crippen LogP contribution is 2.35. The van der Waals surface area contributed by atoms with Gasteiger partial charge < -0.3 is 99.2 Å². The first kappa shape index (κ1) is 49.0. The summed E-state index contributed by atoms with van der Waals surface area (Å²) in [6.07, 6.45) is -20.7. The molecule has 0 aromatic heterocycles. The van der Waals surface area contributed by atoms with Crippen molar-refractivity contribution in [1.82, 2.24) is 0 Å². The molecule has 3 aliphatic rings. The van der Waals surface area contributed by atoms with Crippen molar-refractivity contribution in [1.29, 1.82) is 0 Å². The van der Waals surface area contributed by atoms with Crippen LogP contribution in [0.1, 0.15) is 16.7 Å². The number of phenols is 5. The Morgan fingerprint density at radius 3 is 1.92 bits per heavy atom. The smallest absolute Gasteiger partial charge is 0.331 e. The lowest BCUT2D eigenvalue weighted by Crippen LogP contribution is -2.67. The quantitative estimate of drug-likeness (QED) is 0.0437. The number of esters is 2. The van der Waals surface area contributed by atoms with E-state index in [9.17, 15) is 70.9 Å². The molecule has 354 valence electrons. The van der Waals surface area contributed by atoms with E-state index in [2.05, 4.69) is 0 Å². The van der Waals surface area contributed by atoms with Crippen molar-refractivity contribution in [3.8, 4) is 28.7 Å². The molecule has 0 amide bonds. The zero-order chi connectivity index (χ0) is 46.9. The van der Waals surface area contributed by atoms with Gasteiger partial charge in [0, 0.05) is 12.2 Å². The van der Waals surface area contributed by atoms with E-state index in [1.54, 1.807) is 0 Å². The van der Waals surface area contributed by atoms with Crippen LogP contribution in [0.15, 0.2) is 72.8 Å². The van der Waals surface area contributed by atoms with E-state index >= 15 is 0 Å². The van der Waals surface area contributed by atoms with Crippen molar-refractivity contribution in [2.75, 3.05) is 26.4 Å². The van der Waals surface area contributed by atoms with Crippen LogP contribution in [0.4, 0.5) is 0 Å². The number of hydrogen-bond donors (Lipinski definition) is 12. The molecule has 3 heterocycles. The molecule has 0 radical (unpaired) electrons. The lowest BCUT2D eigenvalue weighted by atomic mass is 9.96. The van der Waals surface area contributed by atoms with Gasteiger partial charge in [-0.1, -0.05) is 24.3 Å². The minimum absolute atomic E-state index is 0.000802. The van der Waals surface area contributed by atoms with Crippen LogP contribution in [0.5, 0.6) is 28.7 Å². The van der Waals surface area contributed by atoms with Crippen LogP contribution in [0.2, 0.25) is 0 Å². The van der Waals surface area contributed by atoms with Crippen LogP contribution in [-0.4, -0.2) is 186 Å². The molecule has 12 N–H and O–H groups in total. The summed E-state index contributed by atoms with van der Waals surface area (Å²) in [5.41, 5.74) is 1.23. The SMILES string of the molecule is O=C(/C=C/c1ccc(O)cc1)OC[C@H]1O[C@@H](O[C@@H]2[C@@H](O[C@@H]3OC[C@H](O)[C@H](O)[C@H]3O)[C@H](OCCc3ccc(O)c(O)c3)O[C@H](CO)[C@H]2OC(=O)/C=C/c2ccc(O)c(O)c2)[C@H](O)[C@@H](O)[C@@H]1O. The number of phenolic OH excluding ortho intramolecular Hbond substituents is 5. The summed E-state index contributed by atoms with van der Waals surface area (Å²) < 4.78 is 46.7. The Labute approximate surface area is 369 Å². The highest BCUT2D eigenvalue weighted by Gasteiger charge is 2.55. The molecule has 22 heteroatoms. The van der Waals surface area contributed by atoms with E-state index in [4.69, 9.17) is 37.9 Å². The fourth-order valence-electron chi connectivity index (χ4n) is 6.94. The third kappa shape index (κ3) is 12.5. The molecule has 3 aromatic rings. The van der Waals surface area contributed by atoms with Crippen LogP contribution in [-0.2, 0) is 53.9 Å². The normalized spacial score (nSPS) is 31.8. The summed E-state index contributed by atoms with van der Waals surface area (Å²) >= 11 is 0. The first-order valence-corrected chi connectivity index (χ1v) is 20.1. The molecule has 3 fully saturated rings. The molecule has 3 saturated heterocycles. The van der Waals surface area contributed by atoms with Crippen LogP contribution >= 0.6 is 0 Å². The average Bonchev–Trinajstić information content (AvgIpc) is 3.28. The van der Waals surface area contributed by atoms with Crippen molar-refractivity contribution < 1.29 is 109 Å². The molecule has 6 rings (SSSR count). The van der Waals surface area contributed by atoms with Gasteiger partial charge >= 0.3 is 11.9 Å². The van der Waals surface area contributed by atoms with E-state index in [1.807, 2.05) is 0 Å². The third-order valence-electron chi connectivity index (χ3n) is 10.5. The Morgan fingerprint density at radius 1 is 0.615 bits per heavy atom. The maximum atomic E-state index is 13.5. The topological polar surface area (TPSA) is 351 Å². The Hall–Kier alpha value is -5.44. The Morgan fingerprint density at radius 2 is 1.23 bits per heavy atom. The summed E-state index contributed by atoms with van der Waals surface area (Å²) in [5, 5.41) is 124. The van der Waals surface area contributed by atoms with Gasteiger partial charge in [-0.25, -0.2) is 9.59 Å². The number of hydrogen-bond acceptors (Lipinski definition) is 22. The van der Waals surface area contributed by atoms with Gasteiger partial charge in [-0.05, 0) is 71.7 Å². The first-order chi connectivity index (χ1) is 31.0. The van der Waals surface area contributed by atoms with Crippen LogP contribution in [0, 0.1) is 0 Å². The number of rotatable bonds is 16. The van der Waals surface area contributed by atoms with E-state index in [1.165, 1.54) is 60.7 Å². The summed E-state index contributed by atoms with van der Waals surface area (Å²) in [6.45, 7) is -2.42. The van der Waals surface area contributed by atoms with Crippen LogP contribution in [0.3, 0.4) is 0 Å². The van der Waals surface area contributed by atoms with Gasteiger partial charge in [0.25, 0.3) is 0 Å². The predicted octanol–water partition coefficient (Wildman–Crippen LogP) is -1.61. The molecule has 3 aromatic carbocycles. The minimum atomic E-state index is -2.09. The molecule has 3 aliphatic heterocycles. The minimum Gasteiger partial charge on any atom is -0.508 e. The van der Waals surface area contributed by atoms with E-state index in [0.29, 0.717) is 11.1 Å². The molecule has 22 nitrogen and oxygen atoms in total. The Balaban J connectivity index is 1.30. The van der Waals surface area contributed by atoms with Crippen LogP contribution in [0.25, 0.3) is 12.2 Å². The number of carbonyl (C=O) groups excluding carboxylic acids is 2. The fraction of sp³-hybridized carbons (Fsp3) is 0.442. The van der Waals surface area contributed by atoms with E-state index < -0.39 is 135 Å². The molecule has 0 saturated carbocycles. The molecule has 0 spiro atoms. The lowest BCUT2D eigenvalue weighted by molar-refractivity contribution is -0.386. The second kappa shape index (κ2) is 22.2. The van der Waals surface area contributed by atoms with Crippen molar-refractivity contribution in [3.63, 3.8) is 0 Å². The lowest BCUT2D eigenvalue weighted by Gasteiger charge is -2.49. The molecular weight excluding hydrogens is 868 g/mol. The summed E-state index contributed by atoms with van der Waals surface area (Å²) in [4.78, 5) is 26.1. The number of benzene rings is 3. The highest BCUT2D eigenvalue weighted by molar-refractivity contribution is 5.87. The van der Waals surface area contributed by atoms with Gasteiger partial charge in [-0.2, -0.15) is 0 Å². The number of aliphatic hydroxyl groups is 7. The Bertz CT molecular complexity index is 2110. The van der Waals surface area contributed by atoms with Crippen molar-refractivity contribution in [2.24, 2.45) is 0 Å². The zero-order valence-corrected chi connectivity index (χ0v) is 34.2. The van der Waals surface area contributed by atoms with Gasteiger partial charge in [0.05, 0.1) is 19.8 Å². The Kier molecular flexibility index (Phi) is 16.7. The molecule has 0 bridgehead atoms. The van der Waals surface area contributed by atoms with Crippen molar-refractivity contribution in [2.45, 2.75) is 92.4 Å². The molecule has 14 atom stereocenters. The summed E-state index contributed by atoms with van der Waals surface area (Å²) in [5.74, 6) is -3.77. The van der Waals surface area contributed by atoms with Crippen molar-refractivity contribution in [3.05, 3.63) is 89.5 Å². The molecular formula is C43H50O22. The second-order valence-electron chi connectivity index (χ2n) is 15.2. The maximum Gasteiger partial charge on any atom is 0.331 e. The maximum absolute atomic E-state index is 13.5. The third-order valence-corrected chi connectivity index (χ3v) is 10.5. The van der Waals surface area contributed by atoms with Gasteiger partial charge in [0.15, 0.2) is 48.0 Å². The van der Waals surface area contributed by atoms with Gasteiger partial charge in [-0.3, -0.25) is 0 Å². The van der Waals surface area contributed by atoms with E-state index in [0.717, 1.165) is 24.3 Å². The molecule has 0 unspecified atom stereocenters.